The fraction of sp³-hybridized carbons (Fsp3) is 0.579. The number of halogens is 1. The number of likely N-dealkylation sites (tertiary alicyclic amines) is 1. The Bertz CT molecular complexity index is 1770. The quantitative estimate of drug-likeness (QED) is 0.342. The standard InChI is InChI=1S/C38H49ClN4O5S/c1-24-18-42(19-24)37(45)41-49(46)21-26(3)25(2)7-13-34(47-4)31-11-8-29(31)20-43-22-38(15-5-6-27-16-30(39)10-12-32(27)38)23-48-35-14-9-28(17-33(35)43)36(44)40-49/h7,9-10,12-14,16-17,24-26,29,31,34H,5-6,8,11,15,18-23H2,1-4H3,(H,40,41,44,45,46)/b13-7+/t25-,26+,29-,31+,34-,38-,49-/m0/s1. The van der Waals surface area contributed by atoms with Crippen molar-refractivity contribution >= 4 is 39.1 Å². The zero-order valence-corrected chi connectivity index (χ0v) is 30.6. The molecule has 2 aromatic rings. The second-order valence-corrected chi connectivity index (χ2v) is 17.8. The maximum atomic E-state index is 14.5. The molecule has 1 saturated heterocycles. The number of carbonyl (C=O) groups excluding carboxylic acids is 2. The first kappa shape index (κ1) is 34.4. The lowest BCUT2D eigenvalue weighted by atomic mass is 9.68. The lowest BCUT2D eigenvalue weighted by Crippen LogP contribution is -2.54. The van der Waals surface area contributed by atoms with Crippen LogP contribution >= 0.6 is 11.6 Å². The van der Waals surface area contributed by atoms with Crippen LogP contribution in [-0.4, -0.2) is 72.8 Å². The van der Waals surface area contributed by atoms with Gasteiger partial charge in [0.05, 0.1) is 24.2 Å². The van der Waals surface area contributed by atoms with Crippen molar-refractivity contribution in [2.45, 2.75) is 64.4 Å². The molecule has 7 rings (SSSR count). The second kappa shape index (κ2) is 13.6. The van der Waals surface area contributed by atoms with E-state index in [1.54, 1.807) is 18.1 Å². The van der Waals surface area contributed by atoms with Gasteiger partial charge in [-0.1, -0.05) is 50.6 Å². The summed E-state index contributed by atoms with van der Waals surface area (Å²) in [6, 6.07) is 11.2. The Hall–Kier alpha value is -3.08. The number of amides is 3. The molecule has 7 atom stereocenters. The highest BCUT2D eigenvalue weighted by Gasteiger charge is 2.44. The van der Waals surface area contributed by atoms with Gasteiger partial charge in [-0.05, 0) is 103 Å². The van der Waals surface area contributed by atoms with Crippen molar-refractivity contribution in [3.63, 3.8) is 0 Å². The molecule has 1 N–H and O–H groups in total. The number of aryl methyl sites for hydroxylation is 1. The van der Waals surface area contributed by atoms with Crippen LogP contribution in [0.4, 0.5) is 10.5 Å². The minimum absolute atomic E-state index is 0.0181. The zero-order chi connectivity index (χ0) is 34.5. The molecule has 264 valence electrons. The Morgan fingerprint density at radius 1 is 1.10 bits per heavy atom. The van der Waals surface area contributed by atoms with Crippen LogP contribution in [0.5, 0.6) is 5.75 Å². The Morgan fingerprint density at radius 2 is 1.92 bits per heavy atom. The van der Waals surface area contributed by atoms with E-state index in [4.69, 9.17) is 21.1 Å². The number of allylic oxidation sites excluding steroid dienone is 1. The van der Waals surface area contributed by atoms with Gasteiger partial charge < -0.3 is 19.3 Å². The molecule has 2 fully saturated rings. The van der Waals surface area contributed by atoms with Crippen LogP contribution in [0, 0.1) is 29.6 Å². The Balaban J connectivity index is 1.30. The lowest BCUT2D eigenvalue weighted by molar-refractivity contribution is 0.0130. The average molecular weight is 709 g/mol. The van der Waals surface area contributed by atoms with Gasteiger partial charge in [-0.15, -0.1) is 4.36 Å². The number of anilines is 1. The molecule has 0 aromatic heterocycles. The smallest absolute Gasteiger partial charge is 0.329 e. The minimum Gasteiger partial charge on any atom is -0.490 e. The topological polar surface area (TPSA) is 101 Å². The number of carbonyl (C=O) groups is 2. The van der Waals surface area contributed by atoms with Crippen molar-refractivity contribution in [2.24, 2.45) is 34.0 Å². The van der Waals surface area contributed by atoms with Crippen molar-refractivity contribution in [3.8, 4) is 5.75 Å². The summed E-state index contributed by atoms with van der Waals surface area (Å²) in [6.07, 6.45) is 9.44. The summed E-state index contributed by atoms with van der Waals surface area (Å²) in [5, 5.41) is 0.748. The number of rotatable bonds is 2. The number of hydrogen-bond donors (Lipinski definition) is 1. The Morgan fingerprint density at radius 3 is 2.65 bits per heavy atom. The van der Waals surface area contributed by atoms with E-state index in [1.807, 2.05) is 25.1 Å². The number of urea groups is 1. The zero-order valence-electron chi connectivity index (χ0n) is 29.0. The highest BCUT2D eigenvalue weighted by Crippen LogP contribution is 2.47. The van der Waals surface area contributed by atoms with Gasteiger partial charge in [-0.2, -0.15) is 0 Å². The summed E-state index contributed by atoms with van der Waals surface area (Å²) < 4.78 is 34.3. The van der Waals surface area contributed by atoms with Crippen molar-refractivity contribution in [2.75, 3.05) is 50.5 Å². The summed E-state index contributed by atoms with van der Waals surface area (Å²) in [4.78, 5) is 31.1. The molecule has 0 radical (unpaired) electrons. The van der Waals surface area contributed by atoms with Gasteiger partial charge in [0.2, 0.25) is 0 Å². The molecule has 5 aliphatic rings. The average Bonchev–Trinajstić information content (AvgIpc) is 3.19. The first-order chi connectivity index (χ1) is 23.5. The van der Waals surface area contributed by atoms with E-state index in [1.165, 1.54) is 11.1 Å². The molecule has 2 aromatic carbocycles. The van der Waals surface area contributed by atoms with E-state index in [0.717, 1.165) is 61.7 Å². The normalized spacial score (nSPS) is 33.9. The van der Waals surface area contributed by atoms with Gasteiger partial charge in [0.25, 0.3) is 5.91 Å². The monoisotopic (exact) mass is 708 g/mol. The van der Waals surface area contributed by atoms with Gasteiger partial charge in [-0.3, -0.25) is 9.52 Å². The molecule has 3 aliphatic heterocycles. The molecule has 3 heterocycles. The number of nitrogens with one attached hydrogen (secondary N) is 1. The summed E-state index contributed by atoms with van der Waals surface area (Å²) in [5.41, 5.74) is 3.48. The van der Waals surface area contributed by atoms with Crippen LogP contribution in [-0.2, 0) is 26.5 Å². The van der Waals surface area contributed by atoms with Gasteiger partial charge in [0.1, 0.15) is 15.7 Å². The molecule has 3 amide bonds. The van der Waals surface area contributed by atoms with Crippen LogP contribution in [0.2, 0.25) is 5.02 Å². The molecule has 9 nitrogen and oxygen atoms in total. The van der Waals surface area contributed by atoms with Crippen molar-refractivity contribution in [3.05, 3.63) is 70.3 Å². The molecular formula is C38H49ClN4O5S. The number of fused-ring (bicyclic) bond motifs is 4. The number of nitrogens with zero attached hydrogens (tertiary/aromatic N) is 3. The number of ether oxygens (including phenoxy) is 2. The maximum Gasteiger partial charge on any atom is 0.329 e. The summed E-state index contributed by atoms with van der Waals surface area (Å²) in [5.74, 6) is 1.19. The lowest BCUT2D eigenvalue weighted by Gasteiger charge is -2.46. The van der Waals surface area contributed by atoms with Gasteiger partial charge in [-0.25, -0.2) is 9.00 Å². The third kappa shape index (κ3) is 6.85. The molecule has 0 unspecified atom stereocenters. The molecule has 1 spiro atoms. The minimum atomic E-state index is -3.45. The first-order valence-electron chi connectivity index (χ1n) is 17.8. The molecule has 2 bridgehead atoms. The highest BCUT2D eigenvalue weighted by atomic mass is 35.5. The molecule has 49 heavy (non-hydrogen) atoms. The Labute approximate surface area is 296 Å². The van der Waals surface area contributed by atoms with E-state index >= 15 is 0 Å². The fourth-order valence-electron chi connectivity index (χ4n) is 8.52. The van der Waals surface area contributed by atoms with Crippen molar-refractivity contribution < 1.29 is 23.3 Å². The van der Waals surface area contributed by atoms with E-state index in [2.05, 4.69) is 52.1 Å². The van der Waals surface area contributed by atoms with E-state index in [0.29, 0.717) is 43.0 Å². The number of hydrogen-bond acceptors (Lipinski definition) is 6. The third-order valence-corrected chi connectivity index (χ3v) is 13.9. The highest BCUT2D eigenvalue weighted by molar-refractivity contribution is 7.92. The number of methoxy groups -OCH3 is 1. The van der Waals surface area contributed by atoms with E-state index in [-0.39, 0.29) is 29.1 Å². The van der Waals surface area contributed by atoms with Crippen LogP contribution in [0.3, 0.4) is 0 Å². The second-order valence-electron chi connectivity index (χ2n) is 15.3. The van der Waals surface area contributed by atoms with Crippen molar-refractivity contribution in [1.82, 2.24) is 9.62 Å². The predicted octanol–water partition coefficient (Wildman–Crippen LogP) is 6.88. The van der Waals surface area contributed by atoms with Crippen LogP contribution < -0.4 is 14.4 Å². The van der Waals surface area contributed by atoms with Gasteiger partial charge in [0.15, 0.2) is 0 Å². The van der Waals surface area contributed by atoms with Gasteiger partial charge in [0, 0.05) is 49.3 Å². The maximum absolute atomic E-state index is 14.5. The third-order valence-electron chi connectivity index (χ3n) is 11.7. The van der Waals surface area contributed by atoms with Crippen molar-refractivity contribution in [1.29, 1.82) is 0 Å². The van der Waals surface area contributed by atoms with Crippen LogP contribution in [0.25, 0.3) is 0 Å². The molecule has 1 saturated carbocycles. The van der Waals surface area contributed by atoms with E-state index in [9.17, 15) is 13.8 Å². The largest absolute Gasteiger partial charge is 0.490 e. The molecular weight excluding hydrogens is 660 g/mol. The van der Waals surface area contributed by atoms with Crippen LogP contribution in [0.15, 0.2) is 52.9 Å². The summed E-state index contributed by atoms with van der Waals surface area (Å²) in [7, 11) is -1.67. The predicted molar refractivity (Wildman–Crippen MR) is 194 cm³/mol. The fourth-order valence-corrected chi connectivity index (χ4v) is 10.7. The summed E-state index contributed by atoms with van der Waals surface area (Å²) >= 11 is 6.46. The van der Waals surface area contributed by atoms with Gasteiger partial charge >= 0.3 is 6.03 Å². The Kier molecular flexibility index (Phi) is 9.52. The van der Waals surface area contributed by atoms with E-state index < -0.39 is 21.9 Å². The van der Waals surface area contributed by atoms with Crippen LogP contribution in [0.1, 0.15) is 67.9 Å². The number of benzene rings is 2. The SMILES string of the molecule is CO[C@H]1/C=C/[C@H](C)[C@H](C)C[S@@](=O)(NC(=O)N2CC(C)C2)=NC(=O)c2ccc3c(c2)N(C[C@@H]2CC[C@H]21)C[C@@]1(CCCc2cc(Cl)ccc21)CO3. The molecule has 2 aliphatic carbocycles. The summed E-state index contributed by atoms with van der Waals surface area (Å²) in [6.45, 7) is 9.35. The first-order valence-corrected chi connectivity index (χ1v) is 19.9. The molecule has 11 heteroatoms.